The van der Waals surface area contributed by atoms with Gasteiger partial charge in [-0.05, 0) is 6.08 Å². The molecule has 1 N–H and O–H groups in total. The molecule has 1 heterocycles. The highest BCUT2D eigenvalue weighted by molar-refractivity contribution is 5.83. The first-order valence-electron chi connectivity index (χ1n) is 2.10. The van der Waals surface area contributed by atoms with E-state index in [2.05, 4.69) is 10.2 Å². The van der Waals surface area contributed by atoms with Gasteiger partial charge in [-0.1, -0.05) is 0 Å². The molecule has 42 valence electrons. The summed E-state index contributed by atoms with van der Waals surface area (Å²) in [5, 5.41) is 14.9. The molecule has 0 aromatic heterocycles. The van der Waals surface area contributed by atoms with E-state index in [1.807, 2.05) is 0 Å². The third kappa shape index (κ3) is 0.788. The summed E-state index contributed by atoms with van der Waals surface area (Å²) in [6, 6.07) is 0. The molecule has 0 aromatic rings. The van der Waals surface area contributed by atoms with Gasteiger partial charge in [0.25, 0.3) is 5.91 Å². The first kappa shape index (κ1) is 5.11. The summed E-state index contributed by atoms with van der Waals surface area (Å²) in [5.74, 6) is -0.604. The zero-order chi connectivity index (χ0) is 5.98. The monoisotopic (exact) mass is 112 g/mol. The van der Waals surface area contributed by atoms with Crippen LogP contribution in [0.4, 0.5) is 0 Å². The van der Waals surface area contributed by atoms with Crippen molar-refractivity contribution in [1.29, 1.82) is 0 Å². The molecule has 0 bridgehead atoms. The van der Waals surface area contributed by atoms with Crippen LogP contribution in [0.3, 0.4) is 0 Å². The van der Waals surface area contributed by atoms with Crippen molar-refractivity contribution in [1.82, 2.24) is 0 Å². The lowest BCUT2D eigenvalue weighted by Gasteiger charge is -1.98. The fourth-order valence-corrected chi connectivity index (χ4v) is 0.352. The summed E-state index contributed by atoms with van der Waals surface area (Å²) in [7, 11) is 0. The lowest BCUT2D eigenvalue weighted by atomic mass is 10.3. The van der Waals surface area contributed by atoms with Crippen LogP contribution < -0.4 is 0 Å². The van der Waals surface area contributed by atoms with Gasteiger partial charge in [-0.3, -0.25) is 4.79 Å². The molecule has 1 unspecified atom stereocenters. The third-order valence-electron chi connectivity index (χ3n) is 0.744. The Labute approximate surface area is 45.5 Å². The van der Waals surface area contributed by atoms with Crippen LogP contribution in [0, 0.1) is 0 Å². The second-order valence-corrected chi connectivity index (χ2v) is 1.34. The number of rotatable bonds is 0. The lowest BCUT2D eigenvalue weighted by molar-refractivity contribution is -0.124. The normalized spacial score (nSPS) is 26.6. The molecule has 0 aliphatic carbocycles. The van der Waals surface area contributed by atoms with E-state index in [-0.39, 0.29) is 0 Å². The fraction of sp³-hybridized carbons (Fsp3) is 0.250. The maximum atomic E-state index is 10.2. The summed E-state index contributed by atoms with van der Waals surface area (Å²) in [6.07, 6.45) is 1.48. The number of azo groups is 1. The Balaban J connectivity index is 2.74. The molecule has 1 atom stereocenters. The third-order valence-corrected chi connectivity index (χ3v) is 0.744. The van der Waals surface area contributed by atoms with Crippen molar-refractivity contribution >= 4 is 5.91 Å². The van der Waals surface area contributed by atoms with E-state index in [0.29, 0.717) is 0 Å². The van der Waals surface area contributed by atoms with Crippen molar-refractivity contribution in [2.45, 2.75) is 6.10 Å². The minimum Gasteiger partial charge on any atom is -0.379 e. The van der Waals surface area contributed by atoms with E-state index in [4.69, 9.17) is 5.11 Å². The molecule has 0 saturated heterocycles. The van der Waals surface area contributed by atoms with Gasteiger partial charge in [-0.25, -0.2) is 0 Å². The highest BCUT2D eigenvalue weighted by Crippen LogP contribution is 1.97. The Bertz CT molecular complexity index is 161. The van der Waals surface area contributed by atoms with Gasteiger partial charge in [0, 0.05) is 6.20 Å². The topological polar surface area (TPSA) is 62.0 Å². The molecular formula is C4H4N2O2. The predicted octanol–water partition coefficient (Wildman–Crippen LogP) is -0.147. The maximum Gasteiger partial charge on any atom is 0.296 e. The predicted molar refractivity (Wildman–Crippen MR) is 25.0 cm³/mol. The van der Waals surface area contributed by atoms with Gasteiger partial charge in [-0.2, -0.15) is 5.11 Å². The number of carbonyl (C=O) groups excluding carboxylic acids is 1. The Morgan fingerprint density at radius 3 is 2.88 bits per heavy atom. The van der Waals surface area contributed by atoms with E-state index >= 15 is 0 Å². The van der Waals surface area contributed by atoms with Crippen LogP contribution in [0.2, 0.25) is 0 Å². The molecule has 0 fully saturated rings. The molecule has 1 rings (SSSR count). The van der Waals surface area contributed by atoms with Crippen LogP contribution in [0.1, 0.15) is 0 Å². The summed E-state index contributed by atoms with van der Waals surface area (Å²) in [4.78, 5) is 10.2. The Kier molecular flexibility index (Phi) is 1.17. The first-order chi connectivity index (χ1) is 3.80. The number of nitrogens with zero attached hydrogens (tertiary/aromatic N) is 2. The Morgan fingerprint density at radius 1 is 1.75 bits per heavy atom. The molecule has 1 aliphatic heterocycles. The SMILES string of the molecule is O=C1N=NC=CC1O. The number of hydrogen-bond donors (Lipinski definition) is 1. The molecule has 1 aliphatic rings. The summed E-state index contributed by atoms with van der Waals surface area (Å²) < 4.78 is 0. The molecule has 4 heteroatoms. The second kappa shape index (κ2) is 1.83. The van der Waals surface area contributed by atoms with Gasteiger partial charge in [-0.15, -0.1) is 5.11 Å². The fourth-order valence-electron chi connectivity index (χ4n) is 0.352. The number of aliphatic hydroxyl groups is 1. The van der Waals surface area contributed by atoms with Crippen molar-refractivity contribution in [3.8, 4) is 0 Å². The number of aliphatic hydroxyl groups excluding tert-OH is 1. The van der Waals surface area contributed by atoms with E-state index in [0.717, 1.165) is 0 Å². The van der Waals surface area contributed by atoms with Crippen molar-refractivity contribution in [2.24, 2.45) is 10.2 Å². The van der Waals surface area contributed by atoms with Crippen LogP contribution in [0.5, 0.6) is 0 Å². The molecule has 4 nitrogen and oxygen atoms in total. The van der Waals surface area contributed by atoms with Crippen LogP contribution in [0.15, 0.2) is 22.5 Å². The lowest BCUT2D eigenvalue weighted by Crippen LogP contribution is -2.15. The average Bonchev–Trinajstić information content (AvgIpc) is 1.77. The Hall–Kier alpha value is -1.03. The highest BCUT2D eigenvalue weighted by Gasteiger charge is 2.11. The Morgan fingerprint density at radius 2 is 2.50 bits per heavy atom. The van der Waals surface area contributed by atoms with E-state index < -0.39 is 12.0 Å². The molecule has 0 spiro atoms. The quantitative estimate of drug-likeness (QED) is 0.473. The van der Waals surface area contributed by atoms with Gasteiger partial charge in [0.15, 0.2) is 6.10 Å². The molecule has 0 saturated carbocycles. The van der Waals surface area contributed by atoms with Crippen LogP contribution >= 0.6 is 0 Å². The summed E-state index contributed by atoms with van der Waals surface area (Å²) >= 11 is 0. The van der Waals surface area contributed by atoms with Gasteiger partial charge in [0.1, 0.15) is 0 Å². The minimum atomic E-state index is -1.08. The molecule has 8 heavy (non-hydrogen) atoms. The van der Waals surface area contributed by atoms with Crippen LogP contribution in [-0.2, 0) is 4.79 Å². The molecular weight excluding hydrogens is 108 g/mol. The van der Waals surface area contributed by atoms with E-state index in [1.54, 1.807) is 0 Å². The molecule has 1 amide bonds. The maximum absolute atomic E-state index is 10.2. The van der Waals surface area contributed by atoms with Crippen LogP contribution in [0.25, 0.3) is 0 Å². The highest BCUT2D eigenvalue weighted by atomic mass is 16.3. The number of carbonyl (C=O) groups is 1. The van der Waals surface area contributed by atoms with Crippen molar-refractivity contribution in [2.75, 3.05) is 0 Å². The zero-order valence-corrected chi connectivity index (χ0v) is 3.98. The van der Waals surface area contributed by atoms with Gasteiger partial charge < -0.3 is 5.11 Å². The van der Waals surface area contributed by atoms with Gasteiger partial charge in [0.2, 0.25) is 0 Å². The van der Waals surface area contributed by atoms with E-state index in [1.165, 1.54) is 12.3 Å². The first-order valence-corrected chi connectivity index (χ1v) is 2.10. The largest absolute Gasteiger partial charge is 0.379 e. The van der Waals surface area contributed by atoms with Crippen molar-refractivity contribution < 1.29 is 9.90 Å². The zero-order valence-electron chi connectivity index (χ0n) is 3.98. The smallest absolute Gasteiger partial charge is 0.296 e. The van der Waals surface area contributed by atoms with Crippen molar-refractivity contribution in [3.63, 3.8) is 0 Å². The van der Waals surface area contributed by atoms with E-state index in [9.17, 15) is 4.79 Å². The molecule has 0 radical (unpaired) electrons. The standard InChI is InChI=1S/C4H4N2O2/c7-3-1-2-5-6-4(3)8/h1-3,7H. The minimum absolute atomic E-state index is 0.604. The second-order valence-electron chi connectivity index (χ2n) is 1.34. The summed E-state index contributed by atoms with van der Waals surface area (Å²) in [6.45, 7) is 0. The molecule has 0 aromatic carbocycles. The van der Waals surface area contributed by atoms with Crippen LogP contribution in [-0.4, -0.2) is 17.1 Å². The average molecular weight is 112 g/mol. The van der Waals surface area contributed by atoms with Crippen molar-refractivity contribution in [3.05, 3.63) is 12.3 Å². The van der Waals surface area contributed by atoms with Gasteiger partial charge >= 0.3 is 0 Å². The summed E-state index contributed by atoms with van der Waals surface area (Å²) in [5.41, 5.74) is 0. The van der Waals surface area contributed by atoms with Gasteiger partial charge in [0.05, 0.1) is 0 Å². The number of amides is 1. The number of hydrogen-bond acceptors (Lipinski definition) is 3.